The average Bonchev–Trinajstić information content (AvgIpc) is 3.46. The number of aromatic amines is 1. The molecule has 0 fully saturated rings. The average molecular weight is 517 g/mol. The number of hydrogen-bond donors (Lipinski definition) is 2. The van der Waals surface area contributed by atoms with Gasteiger partial charge in [-0.25, -0.2) is 0 Å². The third-order valence-electron chi connectivity index (χ3n) is 6.68. The van der Waals surface area contributed by atoms with Crippen LogP contribution in [0, 0.1) is 11.3 Å². The molecular formula is C26H23N5O7. The number of fused-ring (bicyclic) bond motifs is 4. The number of rotatable bonds is 6. The highest BCUT2D eigenvalue weighted by Crippen LogP contribution is 2.57. The first-order valence-electron chi connectivity index (χ1n) is 11.3. The zero-order chi connectivity index (χ0) is 27.2. The molecule has 0 saturated heterocycles. The molecule has 12 heteroatoms. The van der Waals surface area contributed by atoms with Crippen molar-refractivity contribution < 1.29 is 33.3 Å². The summed E-state index contributed by atoms with van der Waals surface area (Å²) in [6.45, 7) is -0.375. The molecule has 0 radical (unpaired) electrons. The highest BCUT2D eigenvalue weighted by Gasteiger charge is 2.61. The van der Waals surface area contributed by atoms with E-state index in [4.69, 9.17) is 29.4 Å². The van der Waals surface area contributed by atoms with Crippen molar-refractivity contribution in [2.45, 2.75) is 5.41 Å². The highest BCUT2D eigenvalue weighted by atomic mass is 16.5. The van der Waals surface area contributed by atoms with Gasteiger partial charge in [-0.2, -0.15) is 5.26 Å². The number of nitriles is 1. The summed E-state index contributed by atoms with van der Waals surface area (Å²) < 4.78 is 27.0. The standard InChI is InChI=1S/C26H23N5O7/c1-34-17-9-13(10-18(35-2)22(17)37-4)21-20-24(30-29-21)38-23(28)15(11-27)26(20)14-7-5-6-8-16(14)31(25(26)33)12-19(32)36-3/h5-10H,12,28H2,1-4H3,(H,29,30)/t26-/m0/s1. The van der Waals surface area contributed by atoms with Crippen LogP contribution in [0.5, 0.6) is 23.1 Å². The van der Waals surface area contributed by atoms with Crippen LogP contribution < -0.4 is 29.6 Å². The molecule has 0 unspecified atom stereocenters. The molecule has 38 heavy (non-hydrogen) atoms. The fourth-order valence-electron chi connectivity index (χ4n) is 5.07. The quantitative estimate of drug-likeness (QED) is 0.463. The lowest BCUT2D eigenvalue weighted by Gasteiger charge is -2.32. The molecule has 2 aromatic carbocycles. The van der Waals surface area contributed by atoms with Gasteiger partial charge in [0, 0.05) is 16.8 Å². The summed E-state index contributed by atoms with van der Waals surface area (Å²) in [5.41, 5.74) is 6.26. The van der Waals surface area contributed by atoms with Crippen molar-refractivity contribution in [3.05, 3.63) is 59.0 Å². The number of carbonyl (C=O) groups excluding carboxylic acids is 2. The number of para-hydroxylation sites is 1. The summed E-state index contributed by atoms with van der Waals surface area (Å²) >= 11 is 0. The third-order valence-corrected chi connectivity index (χ3v) is 6.68. The highest BCUT2D eigenvalue weighted by molar-refractivity contribution is 6.16. The Morgan fingerprint density at radius 3 is 2.45 bits per heavy atom. The van der Waals surface area contributed by atoms with Crippen molar-refractivity contribution in [2.24, 2.45) is 5.73 Å². The first-order valence-corrected chi connectivity index (χ1v) is 11.3. The second kappa shape index (κ2) is 9.04. The number of methoxy groups -OCH3 is 4. The van der Waals surface area contributed by atoms with E-state index in [0.717, 1.165) is 0 Å². The number of nitrogens with two attached hydrogens (primary N) is 1. The Hall–Kier alpha value is -5.18. The van der Waals surface area contributed by atoms with Crippen LogP contribution in [-0.2, 0) is 19.7 Å². The summed E-state index contributed by atoms with van der Waals surface area (Å²) in [6, 6.07) is 12.3. The van der Waals surface area contributed by atoms with Gasteiger partial charge in [-0.3, -0.25) is 19.6 Å². The molecule has 2 aliphatic heterocycles. The maximum Gasteiger partial charge on any atom is 0.325 e. The van der Waals surface area contributed by atoms with Crippen LogP contribution in [0.15, 0.2) is 47.9 Å². The predicted octanol–water partition coefficient (Wildman–Crippen LogP) is 1.99. The molecular weight excluding hydrogens is 494 g/mol. The van der Waals surface area contributed by atoms with Crippen LogP contribution in [0.1, 0.15) is 11.1 Å². The summed E-state index contributed by atoms with van der Waals surface area (Å²) in [7, 11) is 5.67. The zero-order valence-corrected chi connectivity index (χ0v) is 20.9. The molecule has 3 heterocycles. The molecule has 0 saturated carbocycles. The third kappa shape index (κ3) is 3.18. The summed E-state index contributed by atoms with van der Waals surface area (Å²) in [4.78, 5) is 28.0. The number of carbonyl (C=O) groups is 2. The van der Waals surface area contributed by atoms with Crippen LogP contribution in [0.3, 0.4) is 0 Å². The van der Waals surface area contributed by atoms with Crippen LogP contribution in [0.25, 0.3) is 11.3 Å². The number of benzene rings is 2. The summed E-state index contributed by atoms with van der Waals surface area (Å²) in [6.07, 6.45) is 0. The van der Waals surface area contributed by atoms with Gasteiger partial charge in [0.15, 0.2) is 11.5 Å². The van der Waals surface area contributed by atoms with Crippen molar-refractivity contribution in [1.82, 2.24) is 10.2 Å². The maximum absolute atomic E-state index is 14.4. The normalized spacial score (nSPS) is 17.4. The molecule has 0 bridgehead atoms. The van der Waals surface area contributed by atoms with Gasteiger partial charge in [-0.05, 0) is 18.2 Å². The zero-order valence-electron chi connectivity index (χ0n) is 20.9. The number of nitrogens with zero attached hydrogens (tertiary/aromatic N) is 3. The van der Waals surface area contributed by atoms with Gasteiger partial charge in [0.1, 0.15) is 23.6 Å². The number of anilines is 1. The Balaban J connectivity index is 1.85. The molecule has 1 atom stereocenters. The SMILES string of the molecule is COC(=O)CN1C(=O)[C@]2(C(C#N)=C(N)Oc3n[nH]c(-c4cc(OC)c(OC)c(OC)c4)c32)c2ccccc21. The summed E-state index contributed by atoms with van der Waals surface area (Å²) in [5.74, 6) is -0.395. The van der Waals surface area contributed by atoms with Crippen molar-refractivity contribution in [2.75, 3.05) is 39.9 Å². The molecule has 0 aliphatic carbocycles. The van der Waals surface area contributed by atoms with Gasteiger partial charge in [-0.15, -0.1) is 5.10 Å². The topological polar surface area (TPSA) is 162 Å². The number of nitrogens with one attached hydrogen (secondary N) is 1. The van der Waals surface area contributed by atoms with Crippen LogP contribution in [0.2, 0.25) is 0 Å². The van der Waals surface area contributed by atoms with E-state index in [-0.39, 0.29) is 29.4 Å². The minimum Gasteiger partial charge on any atom is -0.493 e. The van der Waals surface area contributed by atoms with E-state index in [1.54, 1.807) is 36.4 Å². The lowest BCUT2D eigenvalue weighted by Crippen LogP contribution is -2.47. The summed E-state index contributed by atoms with van der Waals surface area (Å²) in [5, 5.41) is 17.5. The van der Waals surface area contributed by atoms with Gasteiger partial charge in [0.25, 0.3) is 0 Å². The Morgan fingerprint density at radius 1 is 1.16 bits per heavy atom. The van der Waals surface area contributed by atoms with E-state index in [1.165, 1.54) is 33.3 Å². The second-order valence-corrected chi connectivity index (χ2v) is 8.38. The number of ether oxygens (including phenoxy) is 5. The smallest absolute Gasteiger partial charge is 0.325 e. The molecule has 5 rings (SSSR count). The van der Waals surface area contributed by atoms with Gasteiger partial charge in [0.05, 0.1) is 39.7 Å². The lowest BCUT2D eigenvalue weighted by molar-refractivity contribution is -0.140. The molecule has 3 N–H and O–H groups in total. The van der Waals surface area contributed by atoms with E-state index in [2.05, 4.69) is 16.3 Å². The van der Waals surface area contributed by atoms with Gasteiger partial charge in [0.2, 0.25) is 23.4 Å². The lowest BCUT2D eigenvalue weighted by atomic mass is 9.68. The second-order valence-electron chi connectivity index (χ2n) is 8.38. The molecule has 2 aliphatic rings. The fourth-order valence-corrected chi connectivity index (χ4v) is 5.07. The van der Waals surface area contributed by atoms with E-state index >= 15 is 0 Å². The Morgan fingerprint density at radius 2 is 1.84 bits per heavy atom. The molecule has 1 aromatic heterocycles. The predicted molar refractivity (Wildman–Crippen MR) is 133 cm³/mol. The number of amides is 1. The van der Waals surface area contributed by atoms with E-state index in [9.17, 15) is 14.9 Å². The van der Waals surface area contributed by atoms with Gasteiger partial charge >= 0.3 is 5.97 Å². The number of H-pyrrole nitrogens is 1. The van der Waals surface area contributed by atoms with E-state index in [1.807, 2.05) is 0 Å². The fraction of sp³-hybridized carbons (Fsp3) is 0.231. The van der Waals surface area contributed by atoms with Gasteiger partial charge in [-0.1, -0.05) is 18.2 Å². The van der Waals surface area contributed by atoms with Crippen molar-refractivity contribution in [1.29, 1.82) is 5.26 Å². The molecule has 1 amide bonds. The van der Waals surface area contributed by atoms with Crippen LogP contribution in [-0.4, -0.2) is 57.1 Å². The first-order chi connectivity index (χ1) is 18.4. The number of esters is 1. The van der Waals surface area contributed by atoms with Gasteiger partial charge < -0.3 is 29.4 Å². The van der Waals surface area contributed by atoms with E-state index < -0.39 is 17.3 Å². The largest absolute Gasteiger partial charge is 0.493 e. The first kappa shape index (κ1) is 24.5. The van der Waals surface area contributed by atoms with E-state index in [0.29, 0.717) is 39.8 Å². The van der Waals surface area contributed by atoms with Crippen molar-refractivity contribution in [3.8, 4) is 40.5 Å². The molecule has 12 nitrogen and oxygen atoms in total. The minimum atomic E-state index is -1.76. The molecule has 3 aromatic rings. The number of aromatic nitrogens is 2. The Labute approximate surface area is 217 Å². The molecule has 1 spiro atoms. The molecule has 194 valence electrons. The Bertz CT molecular complexity index is 1530. The van der Waals surface area contributed by atoms with Crippen LogP contribution in [0.4, 0.5) is 5.69 Å². The Kier molecular flexibility index (Phi) is 5.83. The monoisotopic (exact) mass is 517 g/mol. The van der Waals surface area contributed by atoms with Crippen molar-refractivity contribution >= 4 is 17.6 Å². The minimum absolute atomic E-state index is 0.00771. The van der Waals surface area contributed by atoms with Crippen molar-refractivity contribution in [3.63, 3.8) is 0 Å². The van der Waals surface area contributed by atoms with Crippen LogP contribution >= 0.6 is 0 Å². The number of hydrogen-bond acceptors (Lipinski definition) is 10. The maximum atomic E-state index is 14.4.